The van der Waals surface area contributed by atoms with E-state index >= 15 is 0 Å². The lowest BCUT2D eigenvalue weighted by molar-refractivity contribution is -0.141. The molecule has 0 aromatic rings. The van der Waals surface area contributed by atoms with E-state index in [-0.39, 0.29) is 5.91 Å². The molecule has 2 N–H and O–H groups in total. The molecule has 0 bridgehead atoms. The second kappa shape index (κ2) is 8.23. The van der Waals surface area contributed by atoms with Crippen molar-refractivity contribution in [3.63, 3.8) is 0 Å². The first kappa shape index (κ1) is 13.9. The molecule has 0 rings (SSSR count). The van der Waals surface area contributed by atoms with Crippen LogP contribution in [0, 0.1) is 0 Å². The van der Waals surface area contributed by atoms with Gasteiger partial charge in [0.15, 0.2) is 0 Å². The van der Waals surface area contributed by atoms with E-state index < -0.39 is 12.0 Å². The summed E-state index contributed by atoms with van der Waals surface area (Å²) in [5.74, 6) is -1.22. The Balaban J connectivity index is 3.67. The van der Waals surface area contributed by atoms with Crippen LogP contribution in [-0.2, 0) is 14.3 Å². The van der Waals surface area contributed by atoms with Crippen molar-refractivity contribution in [1.29, 1.82) is 0 Å². The van der Waals surface area contributed by atoms with Crippen LogP contribution in [0.15, 0.2) is 0 Å². The highest BCUT2D eigenvalue weighted by atomic mass is 16.5. The highest BCUT2D eigenvalue weighted by Gasteiger charge is 2.16. The molecule has 88 valence electrons. The Morgan fingerprint density at radius 1 is 1.40 bits per heavy atom. The Labute approximate surface area is 89.8 Å². The van der Waals surface area contributed by atoms with E-state index in [0.717, 1.165) is 0 Å². The minimum atomic E-state index is -0.990. The number of hydrogen-bond acceptors (Lipinski definition) is 3. The SMILES string of the molecule is CCOCCCC(=O)N[C@@H](CC)C(=O)O. The van der Waals surface area contributed by atoms with Gasteiger partial charge in [-0.2, -0.15) is 0 Å². The van der Waals surface area contributed by atoms with Gasteiger partial charge in [0.05, 0.1) is 0 Å². The highest BCUT2D eigenvalue weighted by molar-refractivity contribution is 5.83. The van der Waals surface area contributed by atoms with Crippen LogP contribution in [0.1, 0.15) is 33.1 Å². The first-order valence-electron chi connectivity index (χ1n) is 5.21. The fourth-order valence-corrected chi connectivity index (χ4v) is 1.08. The van der Waals surface area contributed by atoms with Crippen LogP contribution < -0.4 is 5.32 Å². The number of carbonyl (C=O) groups is 2. The number of rotatable bonds is 8. The first-order chi connectivity index (χ1) is 7.11. The lowest BCUT2D eigenvalue weighted by atomic mass is 10.2. The van der Waals surface area contributed by atoms with E-state index in [9.17, 15) is 9.59 Å². The minimum Gasteiger partial charge on any atom is -0.480 e. The number of carbonyl (C=O) groups excluding carboxylic acids is 1. The Morgan fingerprint density at radius 2 is 2.07 bits per heavy atom. The monoisotopic (exact) mass is 217 g/mol. The molecule has 0 aliphatic rings. The molecule has 0 spiro atoms. The topological polar surface area (TPSA) is 75.6 Å². The maximum Gasteiger partial charge on any atom is 0.326 e. The van der Waals surface area contributed by atoms with Crippen molar-refractivity contribution >= 4 is 11.9 Å². The standard InChI is InChI=1S/C10H19NO4/c1-3-8(10(13)14)11-9(12)6-5-7-15-4-2/h8H,3-7H2,1-2H3,(H,11,12)(H,13,14)/t8-/m0/s1. The van der Waals surface area contributed by atoms with Crippen LogP contribution in [-0.4, -0.2) is 36.2 Å². The van der Waals surface area contributed by atoms with E-state index in [1.165, 1.54) is 0 Å². The van der Waals surface area contributed by atoms with Crippen LogP contribution in [0.2, 0.25) is 0 Å². The molecular formula is C10H19NO4. The Kier molecular flexibility index (Phi) is 7.62. The van der Waals surface area contributed by atoms with Crippen molar-refractivity contribution in [1.82, 2.24) is 5.32 Å². The lowest BCUT2D eigenvalue weighted by Crippen LogP contribution is -2.40. The summed E-state index contributed by atoms with van der Waals surface area (Å²) in [6.07, 6.45) is 1.33. The largest absolute Gasteiger partial charge is 0.480 e. The van der Waals surface area contributed by atoms with Crippen molar-refractivity contribution in [2.45, 2.75) is 39.2 Å². The molecule has 0 fully saturated rings. The van der Waals surface area contributed by atoms with Gasteiger partial charge in [-0.1, -0.05) is 6.92 Å². The van der Waals surface area contributed by atoms with Crippen LogP contribution in [0.3, 0.4) is 0 Å². The minimum absolute atomic E-state index is 0.232. The molecular weight excluding hydrogens is 198 g/mol. The molecule has 5 nitrogen and oxygen atoms in total. The van der Waals surface area contributed by atoms with Gasteiger partial charge < -0.3 is 15.2 Å². The molecule has 0 aromatic carbocycles. The summed E-state index contributed by atoms with van der Waals surface area (Å²) in [4.78, 5) is 21.9. The summed E-state index contributed by atoms with van der Waals surface area (Å²) in [5, 5.41) is 11.1. The number of ether oxygens (including phenoxy) is 1. The summed E-state index contributed by atoms with van der Waals surface area (Å²) >= 11 is 0. The first-order valence-corrected chi connectivity index (χ1v) is 5.21. The van der Waals surface area contributed by atoms with Gasteiger partial charge in [0, 0.05) is 19.6 Å². The quantitative estimate of drug-likeness (QED) is 0.589. The average molecular weight is 217 g/mol. The third-order valence-electron chi connectivity index (χ3n) is 1.94. The molecule has 0 aliphatic carbocycles. The van der Waals surface area contributed by atoms with Gasteiger partial charge in [-0.25, -0.2) is 4.79 Å². The fraction of sp³-hybridized carbons (Fsp3) is 0.800. The molecule has 0 unspecified atom stereocenters. The van der Waals surface area contributed by atoms with E-state index in [1.807, 2.05) is 6.92 Å². The van der Waals surface area contributed by atoms with Crippen molar-refractivity contribution in [2.75, 3.05) is 13.2 Å². The lowest BCUT2D eigenvalue weighted by Gasteiger charge is -2.11. The zero-order chi connectivity index (χ0) is 11.7. The summed E-state index contributed by atoms with van der Waals surface area (Å²) in [5.41, 5.74) is 0. The summed E-state index contributed by atoms with van der Waals surface area (Å²) in [6, 6.07) is -0.774. The zero-order valence-electron chi connectivity index (χ0n) is 9.28. The average Bonchev–Trinajstić information content (AvgIpc) is 2.20. The van der Waals surface area contributed by atoms with Gasteiger partial charge in [0.1, 0.15) is 6.04 Å². The predicted molar refractivity (Wildman–Crippen MR) is 55.6 cm³/mol. The third-order valence-corrected chi connectivity index (χ3v) is 1.94. The number of aliphatic carboxylic acids is 1. The smallest absolute Gasteiger partial charge is 0.326 e. The molecule has 0 saturated heterocycles. The Hall–Kier alpha value is -1.10. The maximum atomic E-state index is 11.2. The zero-order valence-corrected chi connectivity index (χ0v) is 9.28. The third kappa shape index (κ3) is 6.90. The molecule has 0 heterocycles. The fourth-order valence-electron chi connectivity index (χ4n) is 1.08. The van der Waals surface area contributed by atoms with Crippen molar-refractivity contribution in [3.8, 4) is 0 Å². The number of nitrogens with one attached hydrogen (secondary N) is 1. The number of amides is 1. The van der Waals surface area contributed by atoms with E-state index in [2.05, 4.69) is 5.32 Å². The van der Waals surface area contributed by atoms with Crippen LogP contribution in [0.4, 0.5) is 0 Å². The van der Waals surface area contributed by atoms with E-state index in [0.29, 0.717) is 32.5 Å². The molecule has 0 aliphatic heterocycles. The maximum absolute atomic E-state index is 11.2. The van der Waals surface area contributed by atoms with E-state index in [4.69, 9.17) is 9.84 Å². The molecule has 5 heteroatoms. The summed E-state index contributed by atoms with van der Waals surface area (Å²) in [7, 11) is 0. The molecule has 0 saturated carbocycles. The number of carboxylic acids is 1. The second-order valence-electron chi connectivity index (χ2n) is 3.17. The van der Waals surface area contributed by atoms with Gasteiger partial charge in [-0.3, -0.25) is 4.79 Å². The van der Waals surface area contributed by atoms with Gasteiger partial charge in [-0.15, -0.1) is 0 Å². The van der Waals surface area contributed by atoms with Gasteiger partial charge in [0.25, 0.3) is 0 Å². The van der Waals surface area contributed by atoms with Gasteiger partial charge >= 0.3 is 5.97 Å². The van der Waals surface area contributed by atoms with E-state index in [1.54, 1.807) is 6.92 Å². The van der Waals surface area contributed by atoms with Crippen molar-refractivity contribution in [3.05, 3.63) is 0 Å². The molecule has 1 atom stereocenters. The Morgan fingerprint density at radius 3 is 2.53 bits per heavy atom. The number of carboxylic acid groups (broad SMARTS) is 1. The molecule has 0 radical (unpaired) electrons. The molecule has 0 aromatic heterocycles. The molecule has 1 amide bonds. The van der Waals surface area contributed by atoms with Crippen molar-refractivity contribution < 1.29 is 19.4 Å². The Bertz CT molecular complexity index is 206. The highest BCUT2D eigenvalue weighted by Crippen LogP contribution is 1.95. The van der Waals surface area contributed by atoms with Crippen LogP contribution in [0.25, 0.3) is 0 Å². The van der Waals surface area contributed by atoms with Crippen LogP contribution >= 0.6 is 0 Å². The normalized spacial score (nSPS) is 12.1. The van der Waals surface area contributed by atoms with Gasteiger partial charge in [0.2, 0.25) is 5.91 Å². The summed E-state index contributed by atoms with van der Waals surface area (Å²) in [6.45, 7) is 4.78. The number of hydrogen-bond donors (Lipinski definition) is 2. The van der Waals surface area contributed by atoms with Crippen molar-refractivity contribution in [2.24, 2.45) is 0 Å². The van der Waals surface area contributed by atoms with Crippen LogP contribution in [0.5, 0.6) is 0 Å². The molecule has 15 heavy (non-hydrogen) atoms. The second-order valence-corrected chi connectivity index (χ2v) is 3.17. The predicted octanol–water partition coefficient (Wildman–Crippen LogP) is 0.782. The van der Waals surface area contributed by atoms with Gasteiger partial charge in [-0.05, 0) is 19.8 Å². The summed E-state index contributed by atoms with van der Waals surface area (Å²) < 4.78 is 5.07.